The molecule has 1 N–H and O–H groups in total. The number of anilines is 2. The second-order valence-electron chi connectivity index (χ2n) is 6.47. The van der Waals surface area contributed by atoms with E-state index in [-0.39, 0.29) is 22.0 Å². The number of rotatable bonds is 5. The monoisotopic (exact) mass is 489 g/mol. The standard InChI is InChI=1S/C20H16BrN3O5S/c1-12-9-17(18(28-2)11-15(12)21)24(19-7-8-29-23-19)30(26,27)14-4-5-16-13(10-14)3-6-20(25)22-16/h3-11H,1-2H3,(H,22,25). The summed E-state index contributed by atoms with van der Waals surface area (Å²) in [6, 6.07) is 12.2. The van der Waals surface area contributed by atoms with Crippen molar-refractivity contribution in [2.24, 2.45) is 0 Å². The molecule has 30 heavy (non-hydrogen) atoms. The van der Waals surface area contributed by atoms with Crippen LogP contribution in [-0.4, -0.2) is 25.7 Å². The molecule has 2 heterocycles. The maximum Gasteiger partial charge on any atom is 0.270 e. The number of nitrogens with zero attached hydrogens (tertiary/aromatic N) is 2. The molecule has 0 aliphatic carbocycles. The van der Waals surface area contributed by atoms with Gasteiger partial charge < -0.3 is 14.2 Å². The fourth-order valence-electron chi connectivity index (χ4n) is 3.06. The lowest BCUT2D eigenvalue weighted by molar-refractivity contribution is 0.413. The van der Waals surface area contributed by atoms with Crippen LogP contribution in [0.25, 0.3) is 10.9 Å². The van der Waals surface area contributed by atoms with Crippen molar-refractivity contribution in [1.29, 1.82) is 0 Å². The molecule has 0 aliphatic heterocycles. The number of sulfonamides is 1. The minimum atomic E-state index is -4.12. The van der Waals surface area contributed by atoms with Crippen molar-refractivity contribution >= 4 is 48.4 Å². The third kappa shape index (κ3) is 3.48. The zero-order valence-electron chi connectivity index (χ0n) is 15.9. The number of hydrogen-bond acceptors (Lipinski definition) is 6. The molecule has 154 valence electrons. The van der Waals surface area contributed by atoms with Crippen LogP contribution in [0.2, 0.25) is 0 Å². The van der Waals surface area contributed by atoms with E-state index in [2.05, 4.69) is 26.1 Å². The van der Waals surface area contributed by atoms with Gasteiger partial charge in [-0.1, -0.05) is 21.1 Å². The van der Waals surface area contributed by atoms with Gasteiger partial charge in [-0.05, 0) is 54.3 Å². The van der Waals surface area contributed by atoms with E-state index in [9.17, 15) is 13.2 Å². The molecule has 4 aromatic rings. The van der Waals surface area contributed by atoms with Gasteiger partial charge in [0, 0.05) is 22.1 Å². The van der Waals surface area contributed by atoms with Gasteiger partial charge in [0.1, 0.15) is 17.7 Å². The number of H-pyrrole nitrogens is 1. The quantitative estimate of drug-likeness (QED) is 0.451. The van der Waals surface area contributed by atoms with E-state index >= 15 is 0 Å². The van der Waals surface area contributed by atoms with Gasteiger partial charge in [-0.25, -0.2) is 12.7 Å². The summed E-state index contributed by atoms with van der Waals surface area (Å²) in [7, 11) is -2.66. The Balaban J connectivity index is 1.96. The molecule has 4 rings (SSSR count). The number of benzene rings is 2. The number of nitrogens with one attached hydrogen (secondary N) is 1. The summed E-state index contributed by atoms with van der Waals surface area (Å²) in [4.78, 5) is 14.2. The number of aromatic nitrogens is 2. The highest BCUT2D eigenvalue weighted by Crippen LogP contribution is 2.40. The molecule has 0 amide bonds. The number of aromatic amines is 1. The predicted molar refractivity (Wildman–Crippen MR) is 116 cm³/mol. The van der Waals surface area contributed by atoms with Crippen LogP contribution in [0.3, 0.4) is 0 Å². The van der Waals surface area contributed by atoms with Crippen LogP contribution < -0.4 is 14.6 Å². The maximum absolute atomic E-state index is 13.7. The topological polar surface area (TPSA) is 106 Å². The fourth-order valence-corrected chi connectivity index (χ4v) is 4.85. The van der Waals surface area contributed by atoms with E-state index in [1.54, 1.807) is 24.3 Å². The van der Waals surface area contributed by atoms with Crippen molar-refractivity contribution in [3.63, 3.8) is 0 Å². The van der Waals surface area contributed by atoms with Crippen molar-refractivity contribution in [2.45, 2.75) is 11.8 Å². The van der Waals surface area contributed by atoms with Gasteiger partial charge >= 0.3 is 0 Å². The second kappa shape index (κ2) is 7.62. The number of hydrogen-bond donors (Lipinski definition) is 1. The van der Waals surface area contributed by atoms with Crippen molar-refractivity contribution in [1.82, 2.24) is 10.1 Å². The first-order chi connectivity index (χ1) is 14.3. The van der Waals surface area contributed by atoms with Gasteiger partial charge in [-0.2, -0.15) is 0 Å². The van der Waals surface area contributed by atoms with Crippen LogP contribution in [0.1, 0.15) is 5.56 Å². The number of halogens is 1. The van der Waals surface area contributed by atoms with Crippen LogP contribution in [0.15, 0.2) is 73.5 Å². The average Bonchev–Trinajstić information content (AvgIpc) is 3.24. The molecular formula is C20H16BrN3O5S. The fraction of sp³-hybridized carbons (Fsp3) is 0.100. The van der Waals surface area contributed by atoms with E-state index in [1.807, 2.05) is 6.92 Å². The van der Waals surface area contributed by atoms with Crippen LogP contribution in [0.5, 0.6) is 5.75 Å². The van der Waals surface area contributed by atoms with E-state index in [0.717, 1.165) is 14.3 Å². The molecule has 8 nitrogen and oxygen atoms in total. The summed E-state index contributed by atoms with van der Waals surface area (Å²) < 4.78 is 39.6. The summed E-state index contributed by atoms with van der Waals surface area (Å²) in [6.07, 6.45) is 1.29. The van der Waals surface area contributed by atoms with Crippen LogP contribution in [0, 0.1) is 6.92 Å². The normalized spacial score (nSPS) is 11.6. The summed E-state index contributed by atoms with van der Waals surface area (Å²) in [5.41, 5.74) is 1.36. The molecule has 0 atom stereocenters. The summed E-state index contributed by atoms with van der Waals surface area (Å²) in [5, 5.41) is 4.42. The molecule has 0 saturated heterocycles. The van der Waals surface area contributed by atoms with E-state index < -0.39 is 10.0 Å². The molecular weight excluding hydrogens is 474 g/mol. The van der Waals surface area contributed by atoms with Gasteiger partial charge in [0.05, 0.1) is 12.0 Å². The van der Waals surface area contributed by atoms with Crippen molar-refractivity contribution in [2.75, 3.05) is 11.4 Å². The zero-order chi connectivity index (χ0) is 21.5. The van der Waals surface area contributed by atoms with Gasteiger partial charge in [-0.15, -0.1) is 0 Å². The number of methoxy groups -OCH3 is 1. The Hall–Kier alpha value is -3.11. The van der Waals surface area contributed by atoms with Crippen molar-refractivity contribution in [3.05, 3.63) is 75.2 Å². The largest absolute Gasteiger partial charge is 0.494 e. The molecule has 10 heteroatoms. The Labute approximate surface area is 180 Å². The molecule has 0 unspecified atom stereocenters. The van der Waals surface area contributed by atoms with Gasteiger partial charge in [0.2, 0.25) is 5.56 Å². The summed E-state index contributed by atoms with van der Waals surface area (Å²) >= 11 is 3.44. The first-order valence-corrected chi connectivity index (χ1v) is 11.0. The number of aryl methyl sites for hydroxylation is 1. The predicted octanol–water partition coefficient (Wildman–Crippen LogP) is 4.12. The summed E-state index contributed by atoms with van der Waals surface area (Å²) in [5.74, 6) is 0.417. The number of fused-ring (bicyclic) bond motifs is 1. The van der Waals surface area contributed by atoms with Crippen LogP contribution in [0.4, 0.5) is 11.5 Å². The lowest BCUT2D eigenvalue weighted by Crippen LogP contribution is -2.27. The Morgan fingerprint density at radius 2 is 1.93 bits per heavy atom. The maximum atomic E-state index is 13.7. The first-order valence-electron chi connectivity index (χ1n) is 8.74. The van der Waals surface area contributed by atoms with E-state index in [0.29, 0.717) is 16.7 Å². The highest BCUT2D eigenvalue weighted by atomic mass is 79.9. The van der Waals surface area contributed by atoms with Gasteiger partial charge in [-0.3, -0.25) is 4.79 Å². The Kier molecular flexibility index (Phi) is 5.12. The van der Waals surface area contributed by atoms with Gasteiger partial charge in [0.25, 0.3) is 10.0 Å². The number of ether oxygens (including phenoxy) is 1. The SMILES string of the molecule is COc1cc(Br)c(C)cc1N(c1ccon1)S(=O)(=O)c1ccc2[nH]c(=O)ccc2c1. The minimum Gasteiger partial charge on any atom is -0.494 e. The van der Waals surface area contributed by atoms with Crippen molar-refractivity contribution < 1.29 is 17.7 Å². The number of pyridine rings is 1. The van der Waals surface area contributed by atoms with E-state index in [4.69, 9.17) is 9.26 Å². The lowest BCUT2D eigenvalue weighted by Gasteiger charge is -2.24. The summed E-state index contributed by atoms with van der Waals surface area (Å²) in [6.45, 7) is 1.84. The highest BCUT2D eigenvalue weighted by molar-refractivity contribution is 9.10. The zero-order valence-corrected chi connectivity index (χ0v) is 18.3. The molecule has 0 fully saturated rings. The van der Waals surface area contributed by atoms with Crippen molar-refractivity contribution in [3.8, 4) is 5.75 Å². The Morgan fingerprint density at radius 1 is 1.13 bits per heavy atom. The molecule has 0 aliphatic rings. The first kappa shape index (κ1) is 20.2. The third-order valence-electron chi connectivity index (χ3n) is 4.54. The Bertz CT molecular complexity index is 1400. The van der Waals surface area contributed by atoms with Crippen LogP contribution in [-0.2, 0) is 10.0 Å². The highest BCUT2D eigenvalue weighted by Gasteiger charge is 2.31. The van der Waals surface area contributed by atoms with Crippen LogP contribution >= 0.6 is 15.9 Å². The molecule has 0 saturated carbocycles. The molecule has 0 spiro atoms. The van der Waals surface area contributed by atoms with E-state index in [1.165, 1.54) is 37.6 Å². The Morgan fingerprint density at radius 3 is 2.63 bits per heavy atom. The molecule has 2 aromatic carbocycles. The molecule has 0 radical (unpaired) electrons. The lowest BCUT2D eigenvalue weighted by atomic mass is 10.2. The molecule has 2 aromatic heterocycles. The smallest absolute Gasteiger partial charge is 0.270 e. The second-order valence-corrected chi connectivity index (χ2v) is 9.11. The minimum absolute atomic E-state index is 0.0210. The van der Waals surface area contributed by atoms with Gasteiger partial charge in [0.15, 0.2) is 5.82 Å². The average molecular weight is 490 g/mol. The molecule has 0 bridgehead atoms. The third-order valence-corrected chi connectivity index (χ3v) is 7.11.